The highest BCUT2D eigenvalue weighted by atomic mass is 16.4. The van der Waals surface area contributed by atoms with Gasteiger partial charge in [-0.15, -0.1) is 0 Å². The topological polar surface area (TPSA) is 86.6 Å². The fraction of sp³-hybridized carbons (Fsp3) is 0.647. The zero-order valence-corrected chi connectivity index (χ0v) is 13.3. The maximum absolute atomic E-state index is 11.7. The van der Waals surface area contributed by atoms with E-state index in [0.717, 1.165) is 31.3 Å². The van der Waals surface area contributed by atoms with Gasteiger partial charge in [0.2, 0.25) is 0 Å². The molecule has 0 bridgehead atoms. The van der Waals surface area contributed by atoms with Gasteiger partial charge in [-0.1, -0.05) is 31.8 Å². The van der Waals surface area contributed by atoms with Crippen LogP contribution >= 0.6 is 0 Å². The molecule has 0 saturated heterocycles. The first-order chi connectivity index (χ1) is 10.4. The Morgan fingerprint density at radius 2 is 1.91 bits per heavy atom. The van der Waals surface area contributed by atoms with Gasteiger partial charge >= 0.3 is 11.9 Å². The Bertz CT molecular complexity index is 529. The van der Waals surface area contributed by atoms with Crippen LogP contribution in [-0.2, 0) is 9.59 Å². The van der Waals surface area contributed by atoms with Gasteiger partial charge in [0.05, 0.1) is 11.0 Å². The molecule has 0 radical (unpaired) electrons. The van der Waals surface area contributed by atoms with E-state index in [1.165, 1.54) is 6.42 Å². The molecular formula is C17H25NO4. The molecular weight excluding hydrogens is 282 g/mol. The summed E-state index contributed by atoms with van der Waals surface area (Å²) in [6.07, 6.45) is 7.80. The largest absolute Gasteiger partial charge is 0.481 e. The maximum atomic E-state index is 11.7. The molecule has 0 aromatic heterocycles. The second kappa shape index (κ2) is 6.55. The van der Waals surface area contributed by atoms with Crippen molar-refractivity contribution in [1.82, 2.24) is 5.32 Å². The molecule has 3 N–H and O–H groups in total. The van der Waals surface area contributed by atoms with Crippen molar-refractivity contribution in [2.75, 3.05) is 0 Å². The number of carboxylic acids is 2. The Morgan fingerprint density at radius 1 is 1.27 bits per heavy atom. The van der Waals surface area contributed by atoms with E-state index in [2.05, 4.69) is 5.32 Å². The van der Waals surface area contributed by atoms with E-state index < -0.39 is 17.4 Å². The van der Waals surface area contributed by atoms with Crippen LogP contribution in [0.4, 0.5) is 0 Å². The van der Waals surface area contributed by atoms with Gasteiger partial charge in [0.25, 0.3) is 0 Å². The highest BCUT2D eigenvalue weighted by molar-refractivity contribution is 5.91. The van der Waals surface area contributed by atoms with Gasteiger partial charge in [-0.3, -0.25) is 4.79 Å². The predicted octanol–water partition coefficient (Wildman–Crippen LogP) is 3.08. The zero-order chi connectivity index (χ0) is 16.3. The molecule has 0 amide bonds. The third-order valence-electron chi connectivity index (χ3n) is 5.16. The minimum absolute atomic E-state index is 0.0472. The lowest BCUT2D eigenvalue weighted by Crippen LogP contribution is -2.39. The predicted molar refractivity (Wildman–Crippen MR) is 83.4 cm³/mol. The molecule has 0 aliphatic heterocycles. The normalized spacial score (nSPS) is 26.5. The molecule has 122 valence electrons. The van der Waals surface area contributed by atoms with Crippen LogP contribution in [0.5, 0.6) is 0 Å². The minimum Gasteiger partial charge on any atom is -0.481 e. The molecule has 1 fully saturated rings. The second-order valence-electron chi connectivity index (χ2n) is 6.42. The SMILES string of the molecule is CCC1(C(=O)O)CC(C(=O)O)=C(NC2CCCCC2)C=C1C. The van der Waals surface area contributed by atoms with Gasteiger partial charge in [0, 0.05) is 18.2 Å². The molecule has 1 unspecified atom stereocenters. The molecule has 1 atom stereocenters. The van der Waals surface area contributed by atoms with E-state index in [9.17, 15) is 19.8 Å². The first-order valence-electron chi connectivity index (χ1n) is 8.06. The summed E-state index contributed by atoms with van der Waals surface area (Å²) in [5, 5.41) is 22.5. The Balaban J connectivity index is 2.32. The van der Waals surface area contributed by atoms with Crippen molar-refractivity contribution < 1.29 is 19.8 Å². The third-order valence-corrected chi connectivity index (χ3v) is 5.16. The summed E-state index contributed by atoms with van der Waals surface area (Å²) in [6.45, 7) is 3.59. The summed E-state index contributed by atoms with van der Waals surface area (Å²) in [4.78, 5) is 23.3. The number of aliphatic carboxylic acids is 2. The summed E-state index contributed by atoms with van der Waals surface area (Å²) >= 11 is 0. The first-order valence-corrected chi connectivity index (χ1v) is 8.06. The van der Waals surface area contributed by atoms with Crippen molar-refractivity contribution in [3.63, 3.8) is 0 Å². The Kier molecular flexibility index (Phi) is 4.94. The van der Waals surface area contributed by atoms with Crippen LogP contribution in [-0.4, -0.2) is 28.2 Å². The van der Waals surface area contributed by atoms with Crippen molar-refractivity contribution in [3.05, 3.63) is 22.9 Å². The number of allylic oxidation sites excluding steroid dienone is 1. The first kappa shape index (κ1) is 16.6. The standard InChI is InChI=1S/C17H25NO4/c1-3-17(16(21)22)10-13(15(19)20)14(9-11(17)2)18-12-7-5-4-6-8-12/h9,12,18H,3-8,10H2,1-2H3,(H,19,20)(H,21,22). The zero-order valence-electron chi connectivity index (χ0n) is 13.3. The van der Waals surface area contributed by atoms with Crippen LogP contribution in [0.2, 0.25) is 0 Å². The van der Waals surface area contributed by atoms with Gasteiger partial charge < -0.3 is 15.5 Å². The molecule has 0 heterocycles. The molecule has 0 aromatic rings. The fourth-order valence-electron chi connectivity index (χ4n) is 3.56. The quantitative estimate of drug-likeness (QED) is 0.726. The van der Waals surface area contributed by atoms with Crippen LogP contribution in [0.1, 0.15) is 58.8 Å². The average molecular weight is 307 g/mol. The van der Waals surface area contributed by atoms with Gasteiger partial charge in [-0.25, -0.2) is 4.79 Å². The van der Waals surface area contributed by atoms with Crippen molar-refractivity contribution >= 4 is 11.9 Å². The van der Waals surface area contributed by atoms with Gasteiger partial charge in [0.15, 0.2) is 0 Å². The molecule has 2 rings (SSSR count). The summed E-state index contributed by atoms with van der Waals surface area (Å²) in [7, 11) is 0. The molecule has 2 aliphatic rings. The monoisotopic (exact) mass is 307 g/mol. The molecule has 0 aromatic carbocycles. The molecule has 2 aliphatic carbocycles. The van der Waals surface area contributed by atoms with E-state index in [1.807, 2.05) is 0 Å². The Labute approximate surface area is 131 Å². The van der Waals surface area contributed by atoms with Crippen LogP contribution in [0.15, 0.2) is 22.9 Å². The number of nitrogens with one attached hydrogen (secondary N) is 1. The van der Waals surface area contributed by atoms with Gasteiger partial charge in [-0.05, 0) is 32.3 Å². The molecule has 22 heavy (non-hydrogen) atoms. The van der Waals surface area contributed by atoms with Crippen molar-refractivity contribution in [2.45, 2.75) is 64.8 Å². The number of hydrogen-bond acceptors (Lipinski definition) is 3. The van der Waals surface area contributed by atoms with Gasteiger partial charge in [-0.2, -0.15) is 0 Å². The average Bonchev–Trinajstić information content (AvgIpc) is 2.48. The lowest BCUT2D eigenvalue weighted by atomic mass is 9.70. The third kappa shape index (κ3) is 3.03. The van der Waals surface area contributed by atoms with Crippen LogP contribution in [0, 0.1) is 5.41 Å². The molecule has 0 spiro atoms. The van der Waals surface area contributed by atoms with E-state index >= 15 is 0 Å². The number of carbonyl (C=O) groups is 2. The highest BCUT2D eigenvalue weighted by Gasteiger charge is 2.43. The highest BCUT2D eigenvalue weighted by Crippen LogP contribution is 2.42. The summed E-state index contributed by atoms with van der Waals surface area (Å²) < 4.78 is 0. The van der Waals surface area contributed by atoms with Gasteiger partial charge in [0.1, 0.15) is 0 Å². The van der Waals surface area contributed by atoms with Crippen molar-refractivity contribution in [1.29, 1.82) is 0 Å². The summed E-state index contributed by atoms with van der Waals surface area (Å²) in [6, 6.07) is 0.293. The lowest BCUT2D eigenvalue weighted by Gasteiger charge is -2.35. The molecule has 5 heteroatoms. The van der Waals surface area contributed by atoms with E-state index in [4.69, 9.17) is 0 Å². The Morgan fingerprint density at radius 3 is 2.41 bits per heavy atom. The van der Waals surface area contributed by atoms with Crippen molar-refractivity contribution in [3.8, 4) is 0 Å². The molecule has 5 nitrogen and oxygen atoms in total. The fourth-order valence-corrected chi connectivity index (χ4v) is 3.56. The number of rotatable bonds is 5. The Hall–Kier alpha value is -1.78. The van der Waals surface area contributed by atoms with E-state index in [-0.39, 0.29) is 12.0 Å². The number of hydrogen-bond donors (Lipinski definition) is 3. The van der Waals surface area contributed by atoms with E-state index in [1.54, 1.807) is 19.9 Å². The summed E-state index contributed by atoms with van der Waals surface area (Å²) in [5.74, 6) is -1.97. The smallest absolute Gasteiger partial charge is 0.333 e. The van der Waals surface area contributed by atoms with Crippen molar-refractivity contribution in [2.24, 2.45) is 5.41 Å². The number of carboxylic acid groups (broad SMARTS) is 2. The molecule has 1 saturated carbocycles. The maximum Gasteiger partial charge on any atom is 0.333 e. The summed E-state index contributed by atoms with van der Waals surface area (Å²) in [5.41, 5.74) is 0.430. The van der Waals surface area contributed by atoms with Crippen LogP contribution < -0.4 is 5.32 Å². The van der Waals surface area contributed by atoms with E-state index in [0.29, 0.717) is 18.2 Å². The minimum atomic E-state index is -1.09. The lowest BCUT2D eigenvalue weighted by molar-refractivity contribution is -0.147. The second-order valence-corrected chi connectivity index (χ2v) is 6.42. The van der Waals surface area contributed by atoms with Crippen LogP contribution in [0.3, 0.4) is 0 Å². The van der Waals surface area contributed by atoms with Crippen LogP contribution in [0.25, 0.3) is 0 Å².